The summed E-state index contributed by atoms with van der Waals surface area (Å²) in [5.74, 6) is 0.299. The van der Waals surface area contributed by atoms with E-state index in [0.717, 1.165) is 0 Å². The first-order chi connectivity index (χ1) is 4.10. The summed E-state index contributed by atoms with van der Waals surface area (Å²) in [7, 11) is -2.82. The third kappa shape index (κ3) is 1.92. The van der Waals surface area contributed by atoms with Gasteiger partial charge in [-0.1, -0.05) is 0 Å². The minimum absolute atomic E-state index is 0.0764. The molecule has 4 nitrogen and oxygen atoms in total. The van der Waals surface area contributed by atoms with Crippen LogP contribution in [0.3, 0.4) is 0 Å². The van der Waals surface area contributed by atoms with Crippen molar-refractivity contribution in [2.75, 3.05) is 18.1 Å². The van der Waals surface area contributed by atoms with E-state index in [0.29, 0.717) is 6.54 Å². The van der Waals surface area contributed by atoms with Gasteiger partial charge < -0.3 is 11.1 Å². The molecule has 3 N–H and O–H groups in total. The Morgan fingerprint density at radius 2 is 2.22 bits per heavy atom. The molecule has 5 heteroatoms. The summed E-state index contributed by atoms with van der Waals surface area (Å²) >= 11 is 0. The number of nitrogens with one attached hydrogen (secondary N) is 1. The molecule has 0 aromatic carbocycles. The summed E-state index contributed by atoms with van der Waals surface area (Å²) < 4.78 is 21.5. The maximum Gasteiger partial charge on any atom is 0.154 e. The van der Waals surface area contributed by atoms with Gasteiger partial charge in [0.25, 0.3) is 0 Å². The molecule has 0 spiro atoms. The van der Waals surface area contributed by atoms with E-state index in [-0.39, 0.29) is 17.7 Å². The van der Waals surface area contributed by atoms with Crippen molar-refractivity contribution in [2.45, 2.75) is 6.17 Å². The molecule has 1 heterocycles. The van der Waals surface area contributed by atoms with Crippen LogP contribution in [0, 0.1) is 0 Å². The average molecular weight is 150 g/mol. The van der Waals surface area contributed by atoms with Crippen molar-refractivity contribution in [1.82, 2.24) is 5.32 Å². The lowest BCUT2D eigenvalue weighted by Crippen LogP contribution is -2.50. The Morgan fingerprint density at radius 1 is 1.56 bits per heavy atom. The van der Waals surface area contributed by atoms with Crippen LogP contribution >= 0.6 is 0 Å². The van der Waals surface area contributed by atoms with Gasteiger partial charge in [-0.2, -0.15) is 0 Å². The predicted molar refractivity (Wildman–Crippen MR) is 34.6 cm³/mol. The van der Waals surface area contributed by atoms with E-state index in [1.807, 2.05) is 0 Å². The zero-order valence-corrected chi connectivity index (χ0v) is 5.82. The quantitative estimate of drug-likeness (QED) is 0.431. The van der Waals surface area contributed by atoms with Gasteiger partial charge in [-0.15, -0.1) is 0 Å². The number of hydrogen-bond acceptors (Lipinski definition) is 4. The van der Waals surface area contributed by atoms with Crippen molar-refractivity contribution in [1.29, 1.82) is 0 Å². The third-order valence-electron chi connectivity index (χ3n) is 1.25. The Balaban J connectivity index is 2.62. The van der Waals surface area contributed by atoms with E-state index in [1.54, 1.807) is 0 Å². The molecule has 1 aliphatic rings. The van der Waals surface area contributed by atoms with E-state index in [9.17, 15) is 8.42 Å². The predicted octanol–water partition coefficient (Wildman–Crippen LogP) is -1.71. The Labute approximate surface area is 54.3 Å². The molecule has 0 aromatic heterocycles. The monoisotopic (exact) mass is 150 g/mol. The Hall–Kier alpha value is -0.130. The van der Waals surface area contributed by atoms with Crippen LogP contribution < -0.4 is 11.1 Å². The van der Waals surface area contributed by atoms with Gasteiger partial charge in [-0.05, 0) is 0 Å². The highest BCUT2D eigenvalue weighted by atomic mass is 32.2. The Bertz CT molecular complexity index is 187. The molecule has 0 bridgehead atoms. The number of rotatable bonds is 0. The average Bonchev–Trinajstić information content (AvgIpc) is 1.60. The second kappa shape index (κ2) is 2.24. The van der Waals surface area contributed by atoms with Crippen molar-refractivity contribution in [3.05, 3.63) is 0 Å². The van der Waals surface area contributed by atoms with Gasteiger partial charge in [0.2, 0.25) is 0 Å². The van der Waals surface area contributed by atoms with Crippen LogP contribution in [0.1, 0.15) is 0 Å². The smallest absolute Gasteiger partial charge is 0.154 e. The maximum absolute atomic E-state index is 10.7. The van der Waals surface area contributed by atoms with Crippen LogP contribution in [0.4, 0.5) is 0 Å². The summed E-state index contributed by atoms with van der Waals surface area (Å²) in [6.45, 7) is 0.490. The number of nitrogens with two attached hydrogens (primary N) is 1. The topological polar surface area (TPSA) is 72.2 Å². The summed E-state index contributed by atoms with van der Waals surface area (Å²) in [6, 6.07) is 0. The highest BCUT2D eigenvalue weighted by molar-refractivity contribution is 7.91. The SMILES string of the molecule is NC1CS(=O)(=O)CCN1. The van der Waals surface area contributed by atoms with Crippen LogP contribution in [0.5, 0.6) is 0 Å². The molecule has 1 atom stereocenters. The first-order valence-corrected chi connectivity index (χ1v) is 4.62. The summed E-state index contributed by atoms with van der Waals surface area (Å²) in [6.07, 6.45) is -0.358. The summed E-state index contributed by atoms with van der Waals surface area (Å²) in [4.78, 5) is 0. The first-order valence-electron chi connectivity index (χ1n) is 2.79. The van der Waals surface area contributed by atoms with Crippen LogP contribution in [0.25, 0.3) is 0 Å². The van der Waals surface area contributed by atoms with Gasteiger partial charge in [0.1, 0.15) is 0 Å². The molecule has 1 unspecified atom stereocenters. The van der Waals surface area contributed by atoms with Crippen LogP contribution in [-0.2, 0) is 9.84 Å². The van der Waals surface area contributed by atoms with Crippen LogP contribution in [0.2, 0.25) is 0 Å². The first kappa shape index (κ1) is 6.98. The molecule has 9 heavy (non-hydrogen) atoms. The molecule has 1 aliphatic heterocycles. The minimum atomic E-state index is -2.82. The lowest BCUT2D eigenvalue weighted by Gasteiger charge is -2.18. The lowest BCUT2D eigenvalue weighted by atomic mass is 10.5. The number of sulfone groups is 1. The Kier molecular flexibility index (Phi) is 1.74. The largest absolute Gasteiger partial charge is 0.315 e. The maximum atomic E-state index is 10.7. The van der Waals surface area contributed by atoms with Gasteiger partial charge in [-0.3, -0.25) is 0 Å². The van der Waals surface area contributed by atoms with Crippen molar-refractivity contribution in [3.8, 4) is 0 Å². The highest BCUT2D eigenvalue weighted by Gasteiger charge is 2.20. The molecule has 0 radical (unpaired) electrons. The fraction of sp³-hybridized carbons (Fsp3) is 1.00. The van der Waals surface area contributed by atoms with Crippen molar-refractivity contribution >= 4 is 9.84 Å². The highest BCUT2D eigenvalue weighted by Crippen LogP contribution is 1.95. The zero-order valence-electron chi connectivity index (χ0n) is 5.00. The molecule has 54 valence electrons. The fourth-order valence-corrected chi connectivity index (χ4v) is 2.08. The van der Waals surface area contributed by atoms with Crippen LogP contribution in [-0.4, -0.2) is 32.6 Å². The normalized spacial score (nSPS) is 34.1. The fourth-order valence-electron chi connectivity index (χ4n) is 0.816. The summed E-state index contributed by atoms with van der Waals surface area (Å²) in [5, 5.41) is 2.84. The molecule has 1 rings (SSSR count). The van der Waals surface area contributed by atoms with E-state index in [2.05, 4.69) is 5.32 Å². The molecule has 0 saturated carbocycles. The van der Waals surface area contributed by atoms with E-state index < -0.39 is 9.84 Å². The van der Waals surface area contributed by atoms with Crippen molar-refractivity contribution < 1.29 is 8.42 Å². The van der Waals surface area contributed by atoms with Gasteiger partial charge in [0.15, 0.2) is 9.84 Å². The van der Waals surface area contributed by atoms with Gasteiger partial charge in [0.05, 0.1) is 17.7 Å². The third-order valence-corrected chi connectivity index (χ3v) is 2.95. The minimum Gasteiger partial charge on any atom is -0.315 e. The van der Waals surface area contributed by atoms with Crippen molar-refractivity contribution in [3.63, 3.8) is 0 Å². The molecular formula is C4H10N2O2S. The second-order valence-corrected chi connectivity index (χ2v) is 4.40. The molecule has 0 amide bonds. The van der Waals surface area contributed by atoms with Gasteiger partial charge in [0, 0.05) is 6.54 Å². The molecule has 1 fully saturated rings. The lowest BCUT2D eigenvalue weighted by molar-refractivity contribution is 0.528. The van der Waals surface area contributed by atoms with Gasteiger partial charge in [-0.25, -0.2) is 8.42 Å². The van der Waals surface area contributed by atoms with E-state index >= 15 is 0 Å². The number of hydrogen-bond donors (Lipinski definition) is 2. The van der Waals surface area contributed by atoms with Gasteiger partial charge >= 0.3 is 0 Å². The molecule has 1 saturated heterocycles. The zero-order chi connectivity index (χ0) is 6.91. The van der Waals surface area contributed by atoms with Crippen molar-refractivity contribution in [2.24, 2.45) is 5.73 Å². The van der Waals surface area contributed by atoms with E-state index in [1.165, 1.54) is 0 Å². The second-order valence-electron chi connectivity index (χ2n) is 2.17. The van der Waals surface area contributed by atoms with Crippen LogP contribution in [0.15, 0.2) is 0 Å². The standard InChI is InChI=1S/C4H10N2O2S/c5-4-3-9(7,8)2-1-6-4/h4,6H,1-3,5H2. The molecule has 0 aliphatic carbocycles. The molecular weight excluding hydrogens is 140 g/mol. The Morgan fingerprint density at radius 3 is 2.56 bits per heavy atom. The summed E-state index contributed by atoms with van der Waals surface area (Å²) in [5.41, 5.74) is 5.32. The molecule has 0 aromatic rings. The van der Waals surface area contributed by atoms with E-state index in [4.69, 9.17) is 5.73 Å².